The Morgan fingerprint density at radius 1 is 0.615 bits per heavy atom. The first-order valence-electron chi connectivity index (χ1n) is 9.11. The average molecular weight is 411 g/mol. The summed E-state index contributed by atoms with van der Waals surface area (Å²) in [6, 6.07) is 0. The van der Waals surface area contributed by atoms with Crippen LogP contribution in [0.5, 0.6) is 0 Å². The zero-order chi connectivity index (χ0) is 19.1. The number of carbonyl (C=O) groups is 2. The molecular weight excluding hydrogens is 384 g/mol. The normalized spacial score (nSPS) is 22.1. The summed E-state index contributed by atoms with van der Waals surface area (Å²) in [6.07, 6.45) is 7.67. The summed E-state index contributed by atoms with van der Waals surface area (Å²) in [5.74, 6) is -3.02. The number of hydrogen-bond donors (Lipinski definition) is 2. The molecule has 2 saturated carbocycles. The summed E-state index contributed by atoms with van der Waals surface area (Å²) in [7, 11) is -6.16. The predicted octanol–water partition coefficient (Wildman–Crippen LogP) is 1.11. The van der Waals surface area contributed by atoms with Gasteiger partial charge >= 0.3 is 11.9 Å². The summed E-state index contributed by atoms with van der Waals surface area (Å²) in [5.41, 5.74) is 0. The van der Waals surface area contributed by atoms with Gasteiger partial charge in [0.25, 0.3) is 0 Å². The van der Waals surface area contributed by atoms with E-state index in [1.54, 1.807) is 0 Å². The number of thiol groups is 2. The number of carbonyl (C=O) groups excluding carboxylic acids is 2. The molecule has 0 N–H and O–H groups in total. The van der Waals surface area contributed by atoms with Crippen molar-refractivity contribution in [1.29, 1.82) is 0 Å². The van der Waals surface area contributed by atoms with E-state index < -0.39 is 43.8 Å². The molecule has 2 fully saturated rings. The highest BCUT2D eigenvalue weighted by Gasteiger charge is 2.38. The monoisotopic (exact) mass is 410 g/mol. The van der Waals surface area contributed by atoms with Crippen LogP contribution in [-0.2, 0) is 40.8 Å². The van der Waals surface area contributed by atoms with Gasteiger partial charge in [0.1, 0.15) is 0 Å². The largest absolute Gasteiger partial charge is 0.373 e. The molecule has 26 heavy (non-hydrogen) atoms. The topological polar surface area (TPSA) is 121 Å². The van der Waals surface area contributed by atoms with Gasteiger partial charge in [-0.3, -0.25) is 0 Å². The van der Waals surface area contributed by atoms with Crippen molar-refractivity contribution in [3.63, 3.8) is 0 Å². The molecule has 0 bridgehead atoms. The standard InChI is InChI=1S/C16H26O8S2/c17-15(13(25(19)20)11-7-3-1-4-8-11)23-24-16(18)14(26(21)22)12-9-5-2-6-10-12/h11-14,25-26H,1-10H2. The van der Waals surface area contributed by atoms with Gasteiger partial charge in [-0.05, 0) is 37.5 Å². The van der Waals surface area contributed by atoms with Gasteiger partial charge < -0.3 is 0 Å². The van der Waals surface area contributed by atoms with Crippen LogP contribution in [0.3, 0.4) is 0 Å². The predicted molar refractivity (Wildman–Crippen MR) is 93.5 cm³/mol. The molecule has 10 heteroatoms. The lowest BCUT2D eigenvalue weighted by Crippen LogP contribution is -2.38. The van der Waals surface area contributed by atoms with Crippen molar-refractivity contribution < 1.29 is 36.2 Å². The Morgan fingerprint density at radius 2 is 0.923 bits per heavy atom. The van der Waals surface area contributed by atoms with Gasteiger partial charge in [0.2, 0.25) is 0 Å². The lowest BCUT2D eigenvalue weighted by molar-refractivity contribution is -0.259. The molecule has 150 valence electrons. The quantitative estimate of drug-likeness (QED) is 0.379. The highest BCUT2D eigenvalue weighted by molar-refractivity contribution is 7.74. The molecule has 0 aliphatic heterocycles. The van der Waals surface area contributed by atoms with Crippen LogP contribution in [0, 0.1) is 11.8 Å². The third-order valence-corrected chi connectivity index (χ3v) is 7.51. The minimum absolute atomic E-state index is 0.360. The van der Waals surface area contributed by atoms with E-state index in [1.165, 1.54) is 0 Å². The average Bonchev–Trinajstić information content (AvgIpc) is 2.61. The number of rotatable bonds is 6. The van der Waals surface area contributed by atoms with Gasteiger partial charge in [-0.1, -0.05) is 38.5 Å². The molecule has 0 aromatic heterocycles. The van der Waals surface area contributed by atoms with Crippen molar-refractivity contribution in [3.05, 3.63) is 0 Å². The maximum atomic E-state index is 12.1. The Balaban J connectivity index is 1.97. The minimum Gasteiger partial charge on any atom is -0.246 e. The van der Waals surface area contributed by atoms with E-state index in [0.717, 1.165) is 38.5 Å². The fourth-order valence-electron chi connectivity index (χ4n) is 3.98. The van der Waals surface area contributed by atoms with Crippen LogP contribution in [0.4, 0.5) is 0 Å². The molecule has 0 saturated heterocycles. The summed E-state index contributed by atoms with van der Waals surface area (Å²) in [4.78, 5) is 33.2. The zero-order valence-electron chi connectivity index (χ0n) is 14.5. The summed E-state index contributed by atoms with van der Waals surface area (Å²) in [6.45, 7) is 0. The fraction of sp³-hybridized carbons (Fsp3) is 0.875. The van der Waals surface area contributed by atoms with E-state index in [4.69, 9.17) is 0 Å². The molecule has 2 aliphatic carbocycles. The van der Waals surface area contributed by atoms with Crippen LogP contribution < -0.4 is 0 Å². The van der Waals surface area contributed by atoms with Crippen LogP contribution in [0.15, 0.2) is 0 Å². The van der Waals surface area contributed by atoms with E-state index in [9.17, 15) is 26.4 Å². The van der Waals surface area contributed by atoms with Gasteiger partial charge in [-0.15, -0.1) is 0 Å². The molecule has 0 aromatic rings. The third kappa shape index (κ3) is 5.67. The molecule has 2 rings (SSSR count). The Bertz CT molecular complexity index is 571. The highest BCUT2D eigenvalue weighted by atomic mass is 32.2. The zero-order valence-corrected chi connectivity index (χ0v) is 16.3. The van der Waals surface area contributed by atoms with Gasteiger partial charge in [0.05, 0.1) is 0 Å². The van der Waals surface area contributed by atoms with Crippen LogP contribution in [0.1, 0.15) is 64.2 Å². The van der Waals surface area contributed by atoms with Gasteiger partial charge in [-0.25, -0.2) is 36.2 Å². The Labute approximate surface area is 156 Å². The van der Waals surface area contributed by atoms with Crippen LogP contribution in [0.25, 0.3) is 0 Å². The smallest absolute Gasteiger partial charge is 0.246 e. The van der Waals surface area contributed by atoms with Crippen molar-refractivity contribution in [2.24, 2.45) is 11.8 Å². The van der Waals surface area contributed by atoms with Crippen molar-refractivity contribution in [2.75, 3.05) is 0 Å². The van der Waals surface area contributed by atoms with Crippen molar-refractivity contribution in [3.8, 4) is 0 Å². The first kappa shape index (κ1) is 21.1. The number of hydrogen-bond acceptors (Lipinski definition) is 8. The second kappa shape index (κ2) is 10.2. The van der Waals surface area contributed by atoms with Crippen LogP contribution >= 0.6 is 0 Å². The summed E-state index contributed by atoms with van der Waals surface area (Å²) >= 11 is 0. The molecule has 0 aromatic carbocycles. The van der Waals surface area contributed by atoms with E-state index in [-0.39, 0.29) is 11.8 Å². The molecule has 0 amide bonds. The molecule has 0 heterocycles. The molecule has 2 atom stereocenters. The first-order chi connectivity index (χ1) is 12.4. The molecule has 8 nitrogen and oxygen atoms in total. The molecule has 0 spiro atoms. The van der Waals surface area contributed by atoms with Crippen molar-refractivity contribution in [1.82, 2.24) is 0 Å². The molecular formula is C16H26O8S2. The second-order valence-corrected chi connectivity index (χ2v) is 9.32. The van der Waals surface area contributed by atoms with E-state index >= 15 is 0 Å². The Morgan fingerprint density at radius 3 is 1.19 bits per heavy atom. The lowest BCUT2D eigenvalue weighted by Gasteiger charge is -2.25. The van der Waals surface area contributed by atoms with Gasteiger partial charge in [-0.2, -0.15) is 0 Å². The van der Waals surface area contributed by atoms with Gasteiger partial charge in [0.15, 0.2) is 31.9 Å². The molecule has 2 aliphatic rings. The first-order valence-corrected chi connectivity index (χ1v) is 11.6. The lowest BCUT2D eigenvalue weighted by atomic mass is 9.86. The minimum atomic E-state index is -3.08. The van der Waals surface area contributed by atoms with E-state index in [0.29, 0.717) is 25.7 Å². The fourth-order valence-corrected chi connectivity index (χ4v) is 5.70. The maximum Gasteiger partial charge on any atom is 0.373 e. The summed E-state index contributed by atoms with van der Waals surface area (Å²) < 4.78 is 45.9. The van der Waals surface area contributed by atoms with Crippen molar-refractivity contribution >= 4 is 33.3 Å². The van der Waals surface area contributed by atoms with Gasteiger partial charge in [0, 0.05) is 0 Å². The third-order valence-electron chi connectivity index (χ3n) is 5.34. The van der Waals surface area contributed by atoms with E-state index in [2.05, 4.69) is 9.78 Å². The van der Waals surface area contributed by atoms with E-state index in [1.807, 2.05) is 0 Å². The SMILES string of the molecule is O=C(OOC(=O)C(C1CCCCC1)[SH](=O)=O)C(C1CCCCC1)[SH](=O)=O. The Hall–Kier alpha value is -1.16. The van der Waals surface area contributed by atoms with Crippen LogP contribution in [-0.4, -0.2) is 39.3 Å². The summed E-state index contributed by atoms with van der Waals surface area (Å²) in [5, 5.41) is -2.74. The molecule has 2 unspecified atom stereocenters. The maximum absolute atomic E-state index is 12.1. The Kier molecular flexibility index (Phi) is 8.33. The van der Waals surface area contributed by atoms with Crippen molar-refractivity contribution in [2.45, 2.75) is 74.7 Å². The molecule has 0 radical (unpaired) electrons. The van der Waals surface area contributed by atoms with Crippen LogP contribution in [0.2, 0.25) is 0 Å². The second-order valence-electron chi connectivity index (χ2n) is 7.06. The highest BCUT2D eigenvalue weighted by Crippen LogP contribution is 2.30.